The van der Waals surface area contributed by atoms with E-state index in [2.05, 4.69) is 94.9 Å². The maximum absolute atomic E-state index is 12.0. The van der Waals surface area contributed by atoms with Gasteiger partial charge in [0.1, 0.15) is 18.0 Å². The zero-order valence-corrected chi connectivity index (χ0v) is 94.1. The number of aliphatic hydroxyl groups excluding tert-OH is 6. The minimum atomic E-state index is -0.959. The van der Waals surface area contributed by atoms with Crippen molar-refractivity contribution in [3.63, 3.8) is 0 Å². The summed E-state index contributed by atoms with van der Waals surface area (Å²) in [5, 5.41) is 80.5. The van der Waals surface area contributed by atoms with Gasteiger partial charge in [-0.1, -0.05) is 233 Å². The van der Waals surface area contributed by atoms with Crippen LogP contribution in [0, 0.1) is 71.0 Å². The van der Waals surface area contributed by atoms with Crippen LogP contribution in [0.5, 0.6) is 0 Å². The van der Waals surface area contributed by atoms with Gasteiger partial charge in [0.25, 0.3) is 0 Å². The standard InChI is InChI=1S/C27H50O5.C24H44O5.C20H36O3.C19H36O4.C18H30O3.C7H12O2.K/c1-6-7-8-11-14-18-27(4,31-5)19-17-23-22(24(28)20-25(23)29)15-12-9-10-13-16-26(30)32-21(2)3;1-4-5-6-9-12-16-24(2,29-3)17-15-20-19(21(25)18-22(20)26)13-10-7-8-11-14-23(27)28;1-5-6-7-8-9-11-20(3,22-4)12-10-16-15(2)13-18-17(16)14-19(21)23-18;1-4-5-6-7-8-10-19(2,22-3)11-9-14-15-12-18(21)23-17(15)13-16(14)20;1-3-4-5-6-7-8-14(19)9-10-15-13(2)11-17-16(15)12-18(20)21-17;1-2-3-4-5-6-7(8)9;/h9,12,21-25,28-29H,6-8,10-11,13-20H2,1-5H3;7,10,19-22,25-26H,4-6,8-9,11-18H2,1-3H3,(H,27,28);15-18H,5-14H2,1-4H3;14-18,20-21H,4-13H2,1-3H3;13,15-17H,3-12H2,1-2H3;2H,1,3-6H2,(H,8,9);/q;;;;;;+1/p-1/b12-9-;10-7-;;;;;/t22-,23-,24?,25-,27?;19-,20-,21?,22-,24?;15-,16+,17-,18?,20?;14-,15-,16-,17?,18?,19?;13-,15+,16-,17?;;/m11111../s1. The number of hydrogen-bond acceptors (Lipinski definition) is 21. The molecule has 0 radical (unpaired) electrons. The Morgan fingerprint density at radius 3 is 1.13 bits per heavy atom. The van der Waals surface area contributed by atoms with E-state index in [1.54, 1.807) is 20.3 Å². The molecule has 5 saturated carbocycles. The molecule has 0 spiro atoms. The summed E-state index contributed by atoms with van der Waals surface area (Å²) in [6.07, 6.45) is 66.8. The van der Waals surface area contributed by atoms with E-state index in [1.165, 1.54) is 154 Å². The third-order valence-electron chi connectivity index (χ3n) is 32.6. The number of unbranched alkanes of at least 4 members (excludes halogenated alkanes) is 24. The number of hydrogen-bond donors (Lipinski definition) is 7. The first-order valence-electron chi connectivity index (χ1n) is 55.8. The van der Waals surface area contributed by atoms with Crippen molar-refractivity contribution in [1.29, 1.82) is 0 Å². The second kappa shape index (κ2) is 75.2. The number of allylic oxidation sites excluding steroid dienone is 5. The van der Waals surface area contributed by atoms with Crippen LogP contribution in [0.1, 0.15) is 475 Å². The first-order valence-corrected chi connectivity index (χ1v) is 55.8. The number of aliphatic carboxylic acids is 2. The minimum Gasteiger partial charge on any atom is -0.550 e. The van der Waals surface area contributed by atoms with Gasteiger partial charge in [0.2, 0.25) is 0 Å². The number of carboxylic acid groups (broad SMARTS) is 2. The predicted octanol–water partition coefficient (Wildman–Crippen LogP) is 21.6. The summed E-state index contributed by atoms with van der Waals surface area (Å²) in [6, 6.07) is 0. The monoisotopic (exact) mass is 1980 g/mol. The Morgan fingerprint density at radius 1 is 0.399 bits per heavy atom. The summed E-state index contributed by atoms with van der Waals surface area (Å²) >= 11 is 0. The second-order valence-electron chi connectivity index (χ2n) is 44.1. The molecule has 10 unspecified atom stereocenters. The first-order chi connectivity index (χ1) is 65.4. The van der Waals surface area contributed by atoms with E-state index in [1.807, 2.05) is 40.2 Å². The summed E-state index contributed by atoms with van der Waals surface area (Å²) in [5.74, 6) is 2.63. The number of methoxy groups -OCH3 is 4. The molecule has 5 aliphatic carbocycles. The van der Waals surface area contributed by atoms with Crippen molar-refractivity contribution >= 4 is 35.6 Å². The summed E-state index contributed by atoms with van der Waals surface area (Å²) in [6.45, 7) is 31.8. The number of Topliss-reactive ketones (excluding diaryl/α,β-unsaturated/α-hetero) is 1. The minimum absolute atomic E-state index is 0. The van der Waals surface area contributed by atoms with Crippen molar-refractivity contribution in [3.8, 4) is 0 Å². The number of carbonyl (C=O) groups excluding carboxylic acids is 5. The fourth-order valence-corrected chi connectivity index (χ4v) is 23.2. The smallest absolute Gasteiger partial charge is 0.550 e. The zero-order chi connectivity index (χ0) is 102. The Labute approximate surface area is 882 Å². The number of fused-ring (bicyclic) bond motifs is 3. The Bertz CT molecular complexity index is 3240. The molecule has 3 saturated heterocycles. The molecular weight excluding hydrogens is 1770 g/mol. The third-order valence-corrected chi connectivity index (χ3v) is 32.6. The molecule has 0 bridgehead atoms. The average molecular weight is 1980 g/mol. The molecule has 800 valence electrons. The van der Waals surface area contributed by atoms with Gasteiger partial charge >= 0.3 is 75.3 Å². The second-order valence-corrected chi connectivity index (χ2v) is 44.1. The van der Waals surface area contributed by atoms with Crippen LogP contribution < -0.4 is 56.5 Å². The number of ether oxygens (including phenoxy) is 8. The van der Waals surface area contributed by atoms with E-state index < -0.39 is 42.6 Å². The largest absolute Gasteiger partial charge is 1.00 e. The van der Waals surface area contributed by atoms with Crippen molar-refractivity contribution < 1.29 is 159 Å². The number of ketones is 1. The van der Waals surface area contributed by atoms with Crippen LogP contribution in [-0.4, -0.2) is 183 Å². The fourth-order valence-electron chi connectivity index (χ4n) is 23.2. The van der Waals surface area contributed by atoms with E-state index in [0.29, 0.717) is 111 Å². The Balaban J connectivity index is 0.000000572. The molecule has 7 N–H and O–H groups in total. The number of carboxylic acids is 2. The van der Waals surface area contributed by atoms with Gasteiger partial charge in [-0.25, -0.2) is 0 Å². The van der Waals surface area contributed by atoms with Crippen LogP contribution in [0.4, 0.5) is 0 Å². The molecule has 138 heavy (non-hydrogen) atoms. The van der Waals surface area contributed by atoms with Gasteiger partial charge in [-0.05, 0) is 281 Å². The van der Waals surface area contributed by atoms with E-state index in [-0.39, 0.29) is 165 Å². The van der Waals surface area contributed by atoms with Crippen molar-refractivity contribution in [2.45, 2.75) is 559 Å². The van der Waals surface area contributed by atoms with Crippen molar-refractivity contribution in [2.24, 2.45) is 71.0 Å². The molecule has 0 aromatic rings. The summed E-state index contributed by atoms with van der Waals surface area (Å²) in [4.78, 5) is 66.9. The first kappa shape index (κ1) is 131. The molecule has 0 aromatic carbocycles. The molecule has 3 aliphatic heterocycles. The van der Waals surface area contributed by atoms with Crippen LogP contribution >= 0.6 is 0 Å². The Kier molecular flexibility index (Phi) is 71.6. The summed E-state index contributed by atoms with van der Waals surface area (Å²) in [5.41, 5.74) is -0.434. The number of carbonyl (C=O) groups is 6. The van der Waals surface area contributed by atoms with Gasteiger partial charge in [-0.2, -0.15) is 0 Å². The molecule has 22 nitrogen and oxygen atoms in total. The maximum Gasteiger partial charge on any atom is 1.00 e. The number of rotatable bonds is 67. The molecule has 8 aliphatic rings. The van der Waals surface area contributed by atoms with Crippen molar-refractivity contribution in [1.82, 2.24) is 0 Å². The molecular formula is C115H207KO22. The number of aliphatic hydroxyl groups is 6. The topological polar surface area (TPSA) is 341 Å². The molecule has 0 aromatic heterocycles. The number of esters is 3. The van der Waals surface area contributed by atoms with E-state index in [0.717, 1.165) is 154 Å². The van der Waals surface area contributed by atoms with E-state index in [9.17, 15) is 64.5 Å². The van der Waals surface area contributed by atoms with Crippen LogP contribution in [0.2, 0.25) is 0 Å². The van der Waals surface area contributed by atoms with Crippen LogP contribution in [0.25, 0.3) is 0 Å². The van der Waals surface area contributed by atoms with Crippen LogP contribution in [0.3, 0.4) is 0 Å². The predicted molar refractivity (Wildman–Crippen MR) is 548 cm³/mol. The Morgan fingerprint density at radius 2 is 0.754 bits per heavy atom. The normalized spacial score (nSPS) is 28.3. The van der Waals surface area contributed by atoms with Gasteiger partial charge in [-0.15, -0.1) is 6.58 Å². The van der Waals surface area contributed by atoms with Crippen LogP contribution in [0.15, 0.2) is 37.0 Å². The molecule has 8 fully saturated rings. The molecule has 23 heteroatoms. The summed E-state index contributed by atoms with van der Waals surface area (Å²) < 4.78 is 44.9. The maximum atomic E-state index is 12.0. The van der Waals surface area contributed by atoms with Crippen LogP contribution in [-0.2, 0) is 66.7 Å². The van der Waals surface area contributed by atoms with Gasteiger partial charge in [0.05, 0.1) is 78.0 Å². The van der Waals surface area contributed by atoms with E-state index in [4.69, 9.17) is 43.0 Å². The summed E-state index contributed by atoms with van der Waals surface area (Å²) in [7, 11) is 7.24. The van der Waals surface area contributed by atoms with Gasteiger partial charge < -0.3 is 83.5 Å². The molecule has 8 rings (SSSR count). The quantitative estimate of drug-likeness (QED) is 0.00978. The zero-order valence-electron chi connectivity index (χ0n) is 91.0. The van der Waals surface area contributed by atoms with Crippen molar-refractivity contribution in [3.05, 3.63) is 37.0 Å². The van der Waals surface area contributed by atoms with Gasteiger partial charge in [-0.3, -0.25) is 24.0 Å². The molecule has 0 amide bonds. The fraction of sp³-hybridized carbons (Fsp3) is 0.896. The Hall–Kier alpha value is -2.56. The third kappa shape index (κ3) is 53.4. The van der Waals surface area contributed by atoms with Gasteiger partial charge in [0.15, 0.2) is 6.29 Å². The van der Waals surface area contributed by atoms with Crippen molar-refractivity contribution in [2.75, 3.05) is 28.4 Å². The molecule has 25 atom stereocenters. The average Bonchev–Trinajstić information content (AvgIpc) is 1.64. The van der Waals surface area contributed by atoms with Gasteiger partial charge in [0, 0.05) is 84.8 Å². The molecule has 3 heterocycles. The SMILES string of the molecule is C=CCCCCC(=O)[O-].CCCCCCCC(=O)CC[C@H]1[C@H](C)CC2OC(=O)C[C@@H]21.CCCCCCCC(C)(CC[C@H]1[C@H](C)CC2OC(=O)C[C@@H]21)OC.CCCCCCCC(C)(CC[C@H]1[C@H](O)CC(O)[C@@H]1C/C=C\CCCC(=O)O)OC.CCCCCCCC(C)(CC[C@H]1[C@H](O)CC(O)[C@@H]1C/C=C\CCCC(=O)OC(C)C)OC.CCCCCCCC(C)(CC[C@H]1[C@H](O)CC2OC(O)C[C@@H]21)OC.[K+]. The van der Waals surface area contributed by atoms with E-state index >= 15 is 0 Å².